The van der Waals surface area contributed by atoms with Crippen LogP contribution in [0.3, 0.4) is 0 Å². The zero-order valence-electron chi connectivity index (χ0n) is 42.5. The van der Waals surface area contributed by atoms with Gasteiger partial charge in [0.1, 0.15) is 47.5 Å². The molecule has 0 radical (unpaired) electrons. The van der Waals surface area contributed by atoms with Gasteiger partial charge in [-0.05, 0) is 118 Å². The predicted octanol–water partition coefficient (Wildman–Crippen LogP) is 4.97. The van der Waals surface area contributed by atoms with Gasteiger partial charge in [-0.15, -0.1) is 23.5 Å². The zero-order chi connectivity index (χ0) is 53.0. The van der Waals surface area contributed by atoms with E-state index < -0.39 is 72.6 Å². The number of hydrogen-bond donors (Lipinski definition) is 9. The Morgan fingerprint density at radius 2 is 1.47 bits per heavy atom. The molecule has 8 bridgehead atoms. The number of nitrogens with one attached hydrogen (secondary N) is 2. The molecule has 2 saturated heterocycles. The van der Waals surface area contributed by atoms with Gasteiger partial charge in [-0.25, -0.2) is 4.98 Å². The summed E-state index contributed by atoms with van der Waals surface area (Å²) in [7, 11) is 1.37. The van der Waals surface area contributed by atoms with E-state index in [1.807, 2.05) is 33.8 Å². The average molecular weight is 1070 g/mol. The highest BCUT2D eigenvalue weighted by Crippen LogP contribution is 2.44. The van der Waals surface area contributed by atoms with Crippen LogP contribution in [0.25, 0.3) is 33.2 Å². The van der Waals surface area contributed by atoms with E-state index in [1.54, 1.807) is 0 Å². The van der Waals surface area contributed by atoms with E-state index in [0.717, 1.165) is 73.0 Å². The first kappa shape index (κ1) is 57.0. The van der Waals surface area contributed by atoms with E-state index in [9.17, 15) is 50.1 Å². The van der Waals surface area contributed by atoms with E-state index in [1.165, 1.54) is 30.6 Å². The molecule has 12 atom stereocenters. The van der Waals surface area contributed by atoms with Crippen molar-refractivity contribution >= 4 is 85.4 Å². The SMILES string of the molecule is CCc1c(C)c2cc3[nH]c(cc4nc(c(C)c5nc(cc1[nH]2)C(C)=C5C(=O)SCCCS[C@@H]1O[C@H](CO)[C@@H](O)C(=O)[C@H]1O)[C@@H](CCC(=O)OC)[C@@H]4C)c(C)c3[C@@H](C)OCCCSC1O[C@H](CO)[C@@H](O)[C@H](O)[C@H]1O. The van der Waals surface area contributed by atoms with Gasteiger partial charge in [-0.1, -0.05) is 25.6 Å². The number of carbonyl (C=O) groups excluding carboxylic acids is 3. The molecule has 7 heterocycles. The number of aryl methyl sites for hydroxylation is 3. The minimum atomic E-state index is -1.60. The number of thioether (sulfide) groups is 3. The number of allylic oxidation sites excluding steroid dienone is 1. The van der Waals surface area contributed by atoms with Gasteiger partial charge in [-0.2, -0.15) is 0 Å². The fraction of sp³-hybridized carbons (Fsp3) is 0.596. The maximum Gasteiger partial charge on any atom is 0.305 e. The van der Waals surface area contributed by atoms with Crippen molar-refractivity contribution in [2.24, 2.45) is 0 Å². The molecule has 400 valence electrons. The molecule has 0 aliphatic carbocycles. The lowest BCUT2D eigenvalue weighted by molar-refractivity contribution is -0.205. The Balaban J connectivity index is 1.23. The number of methoxy groups -OCH3 is 1. The van der Waals surface area contributed by atoms with Crippen LogP contribution in [-0.2, 0) is 39.8 Å². The Morgan fingerprint density at radius 3 is 2.16 bits per heavy atom. The van der Waals surface area contributed by atoms with E-state index >= 15 is 0 Å². The monoisotopic (exact) mass is 1070 g/mol. The van der Waals surface area contributed by atoms with Gasteiger partial charge < -0.3 is 64.7 Å². The number of esters is 1. The molecule has 9 N–H and O–H groups in total. The average Bonchev–Trinajstić information content (AvgIpc) is 4.07. The first-order chi connectivity index (χ1) is 34.8. The van der Waals surface area contributed by atoms with Gasteiger partial charge in [0.25, 0.3) is 0 Å². The number of aromatic amines is 2. The van der Waals surface area contributed by atoms with Crippen molar-refractivity contribution < 1.29 is 69.1 Å². The van der Waals surface area contributed by atoms with Crippen LogP contribution in [0.5, 0.6) is 0 Å². The second kappa shape index (κ2) is 25.0. The molecule has 18 nitrogen and oxygen atoms in total. The molecule has 21 heteroatoms. The molecule has 4 aliphatic heterocycles. The maximum absolute atomic E-state index is 14.5. The summed E-state index contributed by atoms with van der Waals surface area (Å²) in [5, 5.41) is 70.5. The fourth-order valence-electron chi connectivity index (χ4n) is 10.1. The highest BCUT2D eigenvalue weighted by molar-refractivity contribution is 8.14. The van der Waals surface area contributed by atoms with Crippen molar-refractivity contribution in [3.63, 3.8) is 0 Å². The number of nitrogens with zero attached hydrogens (tertiary/aromatic N) is 2. The second-order valence-corrected chi connectivity index (χ2v) is 22.5. The van der Waals surface area contributed by atoms with Crippen LogP contribution in [0.15, 0.2) is 18.2 Å². The Labute approximate surface area is 437 Å². The lowest BCUT2D eigenvalue weighted by Crippen LogP contribution is -2.57. The van der Waals surface area contributed by atoms with Crippen LogP contribution in [0.1, 0.15) is 122 Å². The summed E-state index contributed by atoms with van der Waals surface area (Å²) in [5.74, 6) is -0.150. The molecule has 0 aromatic carbocycles. The molecule has 7 rings (SSSR count). The lowest BCUT2D eigenvalue weighted by Gasteiger charge is -2.39. The van der Waals surface area contributed by atoms with Crippen LogP contribution in [0, 0.1) is 20.8 Å². The van der Waals surface area contributed by atoms with E-state index in [-0.39, 0.29) is 35.4 Å². The highest BCUT2D eigenvalue weighted by Gasteiger charge is 2.44. The van der Waals surface area contributed by atoms with Crippen molar-refractivity contribution in [3.8, 4) is 0 Å². The van der Waals surface area contributed by atoms with Gasteiger partial charge in [0.15, 0.2) is 11.9 Å². The van der Waals surface area contributed by atoms with Crippen LogP contribution in [-0.4, -0.2) is 170 Å². The number of ketones is 1. The van der Waals surface area contributed by atoms with Crippen molar-refractivity contribution in [1.29, 1.82) is 0 Å². The minimum Gasteiger partial charge on any atom is -0.469 e. The summed E-state index contributed by atoms with van der Waals surface area (Å²) in [6.45, 7) is 13.4. The zero-order valence-corrected chi connectivity index (χ0v) is 45.0. The number of aliphatic hydroxyl groups excluding tert-OH is 7. The van der Waals surface area contributed by atoms with Crippen molar-refractivity contribution in [3.05, 3.63) is 68.8 Å². The van der Waals surface area contributed by atoms with Gasteiger partial charge in [0.2, 0.25) is 5.12 Å². The number of aliphatic hydroxyl groups is 7. The quantitative estimate of drug-likeness (QED) is 0.0566. The number of carbonyl (C=O) groups is 3. The molecular formula is C52H70N4O14S3. The number of H-pyrrole nitrogens is 2. The van der Waals surface area contributed by atoms with Crippen molar-refractivity contribution in [2.75, 3.05) is 44.2 Å². The topological polar surface area (TPSA) is 287 Å². The third-order valence-corrected chi connectivity index (χ3v) is 17.9. The number of rotatable bonds is 19. The summed E-state index contributed by atoms with van der Waals surface area (Å²) in [5.41, 5.74) is 10.2. The van der Waals surface area contributed by atoms with Gasteiger partial charge in [0.05, 0.1) is 43.4 Å². The van der Waals surface area contributed by atoms with Crippen LogP contribution in [0.2, 0.25) is 0 Å². The molecule has 3 aromatic rings. The third kappa shape index (κ3) is 12.1. The van der Waals surface area contributed by atoms with Crippen LogP contribution >= 0.6 is 35.3 Å². The molecule has 3 aromatic heterocycles. The van der Waals surface area contributed by atoms with Gasteiger partial charge in [0, 0.05) is 69.6 Å². The summed E-state index contributed by atoms with van der Waals surface area (Å²) in [4.78, 5) is 57.4. The van der Waals surface area contributed by atoms with Crippen molar-refractivity contribution in [1.82, 2.24) is 19.9 Å². The Kier molecular flexibility index (Phi) is 19.5. The molecule has 2 fully saturated rings. The summed E-state index contributed by atoms with van der Waals surface area (Å²) >= 11 is 3.62. The summed E-state index contributed by atoms with van der Waals surface area (Å²) in [6, 6.07) is 6.13. The molecule has 4 aliphatic rings. The largest absolute Gasteiger partial charge is 0.469 e. The smallest absolute Gasteiger partial charge is 0.305 e. The molecular weight excluding hydrogens is 1000 g/mol. The number of aromatic nitrogens is 4. The normalized spacial score (nSPS) is 26.9. The Morgan fingerprint density at radius 1 is 0.795 bits per heavy atom. The number of fused-ring (bicyclic) bond motifs is 8. The van der Waals surface area contributed by atoms with E-state index in [4.69, 9.17) is 28.9 Å². The van der Waals surface area contributed by atoms with Crippen LogP contribution < -0.4 is 0 Å². The fourth-order valence-corrected chi connectivity index (χ4v) is 13.3. The van der Waals surface area contributed by atoms with Crippen LogP contribution in [0.4, 0.5) is 0 Å². The molecule has 0 spiro atoms. The lowest BCUT2D eigenvalue weighted by atomic mass is 9.85. The first-order valence-corrected chi connectivity index (χ1v) is 27.9. The van der Waals surface area contributed by atoms with Gasteiger partial charge >= 0.3 is 5.97 Å². The van der Waals surface area contributed by atoms with Crippen molar-refractivity contribution in [2.45, 2.75) is 152 Å². The van der Waals surface area contributed by atoms with E-state index in [0.29, 0.717) is 72.1 Å². The van der Waals surface area contributed by atoms with E-state index in [2.05, 4.69) is 42.9 Å². The number of Topliss-reactive ketones (excluding diaryl/α,β-unsaturated/α-hetero) is 1. The molecule has 0 amide bonds. The maximum atomic E-state index is 14.5. The summed E-state index contributed by atoms with van der Waals surface area (Å²) in [6.07, 6.45) is -7.36. The molecule has 1 unspecified atom stereocenters. The predicted molar refractivity (Wildman–Crippen MR) is 282 cm³/mol. The number of hydrogen-bond acceptors (Lipinski definition) is 19. The standard InChI is InChI=1S/C52H70N4O14S3/c1-9-29-23(2)31-20-36-40(28(7)68-14-10-15-72-51-48(64)46(62)44(60)37(21-57)69-51)25(4)33(54-36)18-32-24(3)30(12-13-39(59)67-8)42(55-32)27(6)43-41(26(5)34(56-43)19-35(29)53-31)50(66)71-16-11-17-73-52-49(65)47(63)45(61)38(22-58)70-52/h18-20,24,28,30,37-38,44-46,48-49,51-54,57-58,60-62,64-65H,9-17,21-22H2,1-8H3/t24-,28+,30-,37+,38+,44+,45+,46-,48+,49+,51?,52-/m0/s1. The minimum absolute atomic E-state index is 0.148. The number of ether oxygens (including phenoxy) is 4. The third-order valence-electron chi connectivity index (χ3n) is 14.4. The Hall–Kier alpha value is -3.68. The van der Waals surface area contributed by atoms with Gasteiger partial charge in [-0.3, -0.25) is 19.4 Å². The molecule has 73 heavy (non-hydrogen) atoms. The molecule has 0 saturated carbocycles. The first-order valence-electron chi connectivity index (χ1n) is 24.9. The Bertz CT molecular complexity index is 2710. The second-order valence-electron chi connectivity index (χ2n) is 19.0. The highest BCUT2D eigenvalue weighted by atomic mass is 32.2. The summed E-state index contributed by atoms with van der Waals surface area (Å²) < 4.78 is 22.9.